The van der Waals surface area contributed by atoms with E-state index >= 15 is 0 Å². The Bertz CT molecular complexity index is 1010. The van der Waals surface area contributed by atoms with Crippen molar-refractivity contribution in [1.82, 2.24) is 0 Å². The number of hydrogen-bond acceptors (Lipinski definition) is 7. The number of rotatable bonds is 44. The lowest BCUT2D eigenvalue weighted by molar-refractivity contribution is -0.870. The predicted octanol–water partition coefficient (Wildman–Crippen LogP) is 13.9. The molecule has 1 unspecified atom stereocenters. The van der Waals surface area contributed by atoms with Gasteiger partial charge in [-0.1, -0.05) is 179 Å². The van der Waals surface area contributed by atoms with Crippen molar-refractivity contribution < 1.29 is 37.3 Å². The predicted molar refractivity (Wildman–Crippen MR) is 240 cm³/mol. The van der Waals surface area contributed by atoms with Gasteiger partial charge < -0.3 is 27.9 Å². The first kappa shape index (κ1) is 55.6. The highest BCUT2D eigenvalue weighted by molar-refractivity contribution is 7.45. The Morgan fingerprint density at radius 3 is 1.47 bits per heavy atom. The summed E-state index contributed by atoms with van der Waals surface area (Å²) in [5.74, 6) is -0.359. The molecule has 0 aliphatic carbocycles. The van der Waals surface area contributed by atoms with E-state index in [4.69, 9.17) is 18.5 Å². The largest absolute Gasteiger partial charge is 0.756 e. The normalized spacial score (nSPS) is 13.9. The summed E-state index contributed by atoms with van der Waals surface area (Å²) in [5, 5.41) is 0. The summed E-state index contributed by atoms with van der Waals surface area (Å²) in [7, 11) is 1.33. The number of allylic oxidation sites excluding steroid dienone is 5. The fraction of sp³-hybridized carbons (Fsp3) is 0.854. The highest BCUT2D eigenvalue weighted by Crippen LogP contribution is 2.38. The summed E-state index contributed by atoms with van der Waals surface area (Å²) in [6, 6.07) is 0. The number of phosphoric acid groups is 1. The number of likely N-dealkylation sites (N-methyl/N-ethyl adjacent to an activating group) is 1. The molecular formula is C48H92NO7P. The molecule has 9 heteroatoms. The van der Waals surface area contributed by atoms with Crippen molar-refractivity contribution in [3.63, 3.8) is 0 Å². The molecule has 0 saturated heterocycles. The van der Waals surface area contributed by atoms with Crippen molar-refractivity contribution in [2.45, 2.75) is 219 Å². The zero-order valence-corrected chi connectivity index (χ0v) is 38.9. The Morgan fingerprint density at radius 2 is 0.982 bits per heavy atom. The number of quaternary nitrogens is 1. The van der Waals surface area contributed by atoms with Crippen LogP contribution in [0.4, 0.5) is 0 Å². The van der Waals surface area contributed by atoms with Crippen LogP contribution in [0.25, 0.3) is 0 Å². The molecule has 0 fully saturated rings. The van der Waals surface area contributed by atoms with Crippen LogP contribution < -0.4 is 4.89 Å². The maximum absolute atomic E-state index is 12.7. The average Bonchev–Trinajstić information content (AvgIpc) is 3.16. The number of esters is 1. The zero-order valence-electron chi connectivity index (χ0n) is 38.0. The van der Waals surface area contributed by atoms with E-state index in [1.165, 1.54) is 154 Å². The molecule has 0 radical (unpaired) electrons. The van der Waals surface area contributed by atoms with Gasteiger partial charge in [0.15, 0.2) is 6.10 Å². The van der Waals surface area contributed by atoms with E-state index < -0.39 is 13.9 Å². The van der Waals surface area contributed by atoms with Crippen LogP contribution in [0.2, 0.25) is 0 Å². The Kier molecular flexibility index (Phi) is 40.3. The Labute approximate surface area is 353 Å². The van der Waals surface area contributed by atoms with Crippen molar-refractivity contribution in [2.75, 3.05) is 47.5 Å². The van der Waals surface area contributed by atoms with Crippen molar-refractivity contribution in [2.24, 2.45) is 0 Å². The van der Waals surface area contributed by atoms with Crippen LogP contribution in [0.3, 0.4) is 0 Å². The molecule has 0 aliphatic rings. The van der Waals surface area contributed by atoms with Gasteiger partial charge in [0.2, 0.25) is 0 Å². The van der Waals surface area contributed by atoms with Crippen molar-refractivity contribution in [3.8, 4) is 0 Å². The number of unbranched alkanes of at least 4 members (excludes halogenated alkanes) is 26. The Hall–Kier alpha value is -1.44. The lowest BCUT2D eigenvalue weighted by Gasteiger charge is -2.28. The van der Waals surface area contributed by atoms with Crippen LogP contribution in [0.5, 0.6) is 0 Å². The average molecular weight is 826 g/mol. The summed E-state index contributed by atoms with van der Waals surface area (Å²) in [6.45, 7) is 4.73. The van der Waals surface area contributed by atoms with Gasteiger partial charge in [-0.25, -0.2) is 0 Å². The van der Waals surface area contributed by atoms with E-state index in [2.05, 4.69) is 38.2 Å². The molecule has 0 aromatic heterocycles. The van der Waals surface area contributed by atoms with E-state index in [-0.39, 0.29) is 25.8 Å². The van der Waals surface area contributed by atoms with Crippen LogP contribution in [0.15, 0.2) is 36.6 Å². The van der Waals surface area contributed by atoms with E-state index in [1.807, 2.05) is 27.2 Å². The van der Waals surface area contributed by atoms with Crippen LogP contribution >= 0.6 is 7.82 Å². The molecule has 0 spiro atoms. The Morgan fingerprint density at radius 1 is 0.561 bits per heavy atom. The molecule has 0 N–H and O–H groups in total. The summed E-state index contributed by atoms with van der Waals surface area (Å²) >= 11 is 0. The molecule has 57 heavy (non-hydrogen) atoms. The van der Waals surface area contributed by atoms with Crippen LogP contribution in [-0.2, 0) is 27.9 Å². The van der Waals surface area contributed by atoms with Crippen molar-refractivity contribution in [1.29, 1.82) is 0 Å². The standard InChI is InChI=1S/C48H92NO7P/c1-6-8-10-12-14-16-18-20-22-24-25-26-27-29-31-33-35-37-39-41-48(50)56-47(46-55-57(51,52)54-44-42-49(3,4)5)45-53-43-40-38-36-34-32-30-28-23-21-19-17-15-13-11-9-7-2/h14,16,20,22,40,43,47H,6-13,15,17-19,21,23-39,41-42,44-46H2,1-5H3/b16-14+,22-20+,43-40+/t47-/m1/s1. The van der Waals surface area contributed by atoms with E-state index in [9.17, 15) is 14.3 Å². The first-order valence-corrected chi connectivity index (χ1v) is 25.2. The third-order valence-corrected chi connectivity index (χ3v) is 11.2. The second-order valence-electron chi connectivity index (χ2n) is 17.2. The fourth-order valence-corrected chi connectivity index (χ4v) is 7.27. The highest BCUT2D eigenvalue weighted by atomic mass is 31.2. The van der Waals surface area contributed by atoms with Gasteiger partial charge in [-0.15, -0.1) is 0 Å². The summed E-state index contributed by atoms with van der Waals surface area (Å²) in [6.07, 6.45) is 49.6. The number of ether oxygens (including phenoxy) is 2. The molecule has 0 amide bonds. The quantitative estimate of drug-likeness (QED) is 0.0151. The molecule has 0 saturated carbocycles. The minimum atomic E-state index is -4.54. The van der Waals surface area contributed by atoms with E-state index in [0.717, 1.165) is 38.5 Å². The molecule has 0 aromatic rings. The van der Waals surface area contributed by atoms with E-state index in [0.29, 0.717) is 17.4 Å². The molecule has 0 rings (SSSR count). The van der Waals surface area contributed by atoms with Gasteiger partial charge in [-0.3, -0.25) is 9.36 Å². The molecule has 0 aromatic carbocycles. The lowest BCUT2D eigenvalue weighted by Crippen LogP contribution is -2.37. The molecule has 336 valence electrons. The fourth-order valence-electron chi connectivity index (χ4n) is 6.54. The second kappa shape index (κ2) is 41.3. The van der Waals surface area contributed by atoms with Gasteiger partial charge in [-0.05, 0) is 57.4 Å². The maximum atomic E-state index is 12.7. The summed E-state index contributed by atoms with van der Waals surface area (Å²) < 4.78 is 34.4. The molecule has 0 bridgehead atoms. The number of nitrogens with zero attached hydrogens (tertiary/aromatic N) is 1. The topological polar surface area (TPSA) is 94.1 Å². The molecule has 0 heterocycles. The Balaban J connectivity index is 4.23. The third-order valence-electron chi connectivity index (χ3n) is 10.3. The first-order chi connectivity index (χ1) is 27.6. The van der Waals surface area contributed by atoms with Crippen LogP contribution in [0, 0.1) is 0 Å². The smallest absolute Gasteiger partial charge is 0.306 e. The number of carbonyl (C=O) groups is 1. The highest BCUT2D eigenvalue weighted by Gasteiger charge is 2.20. The van der Waals surface area contributed by atoms with Gasteiger partial charge in [0.1, 0.15) is 19.8 Å². The molecule has 8 nitrogen and oxygen atoms in total. The maximum Gasteiger partial charge on any atom is 0.306 e. The first-order valence-electron chi connectivity index (χ1n) is 23.8. The summed E-state index contributed by atoms with van der Waals surface area (Å²) in [5.41, 5.74) is 0. The number of hydrogen-bond donors (Lipinski definition) is 0. The number of phosphoric ester groups is 1. The van der Waals surface area contributed by atoms with Gasteiger partial charge in [0, 0.05) is 6.42 Å². The van der Waals surface area contributed by atoms with Crippen LogP contribution in [0.1, 0.15) is 213 Å². The zero-order chi connectivity index (χ0) is 42.0. The van der Waals surface area contributed by atoms with Gasteiger partial charge >= 0.3 is 5.97 Å². The lowest BCUT2D eigenvalue weighted by atomic mass is 10.0. The SMILES string of the molecule is CCCCC/C=C/C/C=C/CCCCCCCCCCCC(=O)O[C@H](CO/C=C/CCCCCCCCCCCCCCCC)COP(=O)([O-])OCC[N+](C)(C)C. The van der Waals surface area contributed by atoms with Crippen molar-refractivity contribution in [3.05, 3.63) is 36.6 Å². The van der Waals surface area contributed by atoms with Gasteiger partial charge in [0.05, 0.1) is 34.0 Å². The van der Waals surface area contributed by atoms with Crippen molar-refractivity contribution >= 4 is 13.8 Å². The minimum Gasteiger partial charge on any atom is -0.756 e. The molecular weight excluding hydrogens is 734 g/mol. The minimum absolute atomic E-state index is 0.0163. The second-order valence-corrected chi connectivity index (χ2v) is 18.6. The number of carbonyl (C=O) groups excluding carboxylic acids is 1. The monoisotopic (exact) mass is 826 g/mol. The molecule has 2 atom stereocenters. The third kappa shape index (κ3) is 45.5. The van der Waals surface area contributed by atoms with Crippen LogP contribution in [-0.4, -0.2) is 64.1 Å². The van der Waals surface area contributed by atoms with Gasteiger partial charge in [-0.2, -0.15) is 0 Å². The molecule has 0 aliphatic heterocycles. The van der Waals surface area contributed by atoms with E-state index in [1.54, 1.807) is 6.26 Å². The summed E-state index contributed by atoms with van der Waals surface area (Å²) in [4.78, 5) is 25.1. The van der Waals surface area contributed by atoms with Gasteiger partial charge in [0.25, 0.3) is 7.82 Å².